The van der Waals surface area contributed by atoms with Crippen LogP contribution in [-0.2, 0) is 9.53 Å². The number of azide groups is 1. The van der Waals surface area contributed by atoms with E-state index in [1.54, 1.807) is 0 Å². The first-order valence-electron chi connectivity index (χ1n) is 12.6. The second kappa shape index (κ2) is 8.81. The van der Waals surface area contributed by atoms with Crippen LogP contribution in [0.15, 0.2) is 5.11 Å². The second-order valence-corrected chi connectivity index (χ2v) is 11.8. The minimum absolute atomic E-state index is 0.0344. The molecule has 4 saturated carbocycles. The van der Waals surface area contributed by atoms with Gasteiger partial charge >= 0.3 is 5.97 Å². The van der Waals surface area contributed by atoms with E-state index in [-0.39, 0.29) is 41.0 Å². The number of aliphatic hydroxyl groups excluding tert-OH is 2. The standard InChI is InChI=1S/C25H41N3O4/c1-14(5-8-22(31)32-4)17-6-7-18-23-19(13-21(30)25(17,18)3)24(2)10-9-16(27-28-26)11-15(24)12-20(23)29/h14-21,23,29-30H,5-13H2,1-4H3/t14-,15?,16-,17-,18+,19+,20-,21+,23+,24+,25-/m1/s1. The van der Waals surface area contributed by atoms with Crippen molar-refractivity contribution in [2.75, 3.05) is 7.11 Å². The molecule has 0 aromatic heterocycles. The topological polar surface area (TPSA) is 116 Å². The third-order valence-corrected chi connectivity index (χ3v) is 10.8. The molecular weight excluding hydrogens is 406 g/mol. The van der Waals surface area contributed by atoms with Crippen LogP contribution in [0.5, 0.6) is 0 Å². The highest BCUT2D eigenvalue weighted by Gasteiger charge is 2.65. The lowest BCUT2D eigenvalue weighted by Gasteiger charge is -2.63. The number of methoxy groups -OCH3 is 1. The van der Waals surface area contributed by atoms with E-state index < -0.39 is 0 Å². The summed E-state index contributed by atoms with van der Waals surface area (Å²) in [5, 5.41) is 27.0. The van der Waals surface area contributed by atoms with Crippen molar-refractivity contribution in [3.8, 4) is 0 Å². The number of ether oxygens (including phenoxy) is 1. The Morgan fingerprint density at radius 1 is 1.19 bits per heavy atom. The first-order valence-corrected chi connectivity index (χ1v) is 12.6. The number of nitrogens with zero attached hydrogens (tertiary/aromatic N) is 3. The fourth-order valence-corrected chi connectivity index (χ4v) is 8.96. The zero-order valence-electron chi connectivity index (χ0n) is 20.1. The molecule has 0 aliphatic heterocycles. The van der Waals surface area contributed by atoms with Crippen molar-refractivity contribution in [3.05, 3.63) is 10.4 Å². The molecule has 0 spiro atoms. The summed E-state index contributed by atoms with van der Waals surface area (Å²) in [7, 11) is 1.43. The maximum Gasteiger partial charge on any atom is 0.305 e. The molecular formula is C25H41N3O4. The van der Waals surface area contributed by atoms with Crippen LogP contribution in [0.2, 0.25) is 0 Å². The monoisotopic (exact) mass is 447 g/mol. The van der Waals surface area contributed by atoms with E-state index in [1.165, 1.54) is 7.11 Å². The van der Waals surface area contributed by atoms with Crippen LogP contribution in [0, 0.1) is 46.3 Å². The predicted molar refractivity (Wildman–Crippen MR) is 121 cm³/mol. The van der Waals surface area contributed by atoms with E-state index >= 15 is 0 Å². The molecule has 0 saturated heterocycles. The Kier molecular flexibility index (Phi) is 6.56. The Hall–Kier alpha value is -1.30. The number of aliphatic hydroxyl groups is 2. The van der Waals surface area contributed by atoms with E-state index in [0.29, 0.717) is 36.0 Å². The van der Waals surface area contributed by atoms with Gasteiger partial charge in [0.1, 0.15) is 0 Å². The van der Waals surface area contributed by atoms with E-state index in [9.17, 15) is 15.0 Å². The molecule has 2 N–H and O–H groups in total. The fourth-order valence-electron chi connectivity index (χ4n) is 8.96. The highest BCUT2D eigenvalue weighted by molar-refractivity contribution is 5.69. The van der Waals surface area contributed by atoms with E-state index in [1.807, 2.05) is 0 Å². The quantitative estimate of drug-likeness (QED) is 0.271. The Morgan fingerprint density at radius 2 is 1.94 bits per heavy atom. The average molecular weight is 448 g/mol. The molecule has 0 aromatic carbocycles. The number of fused-ring (bicyclic) bond motifs is 5. The number of hydrogen-bond donors (Lipinski definition) is 2. The highest BCUT2D eigenvalue weighted by Crippen LogP contribution is 2.68. The number of carbonyl (C=O) groups is 1. The summed E-state index contributed by atoms with van der Waals surface area (Å²) in [5.74, 6) is 1.70. The molecule has 7 heteroatoms. The summed E-state index contributed by atoms with van der Waals surface area (Å²) in [5.41, 5.74) is 8.75. The van der Waals surface area contributed by atoms with E-state index in [4.69, 9.17) is 10.3 Å². The molecule has 32 heavy (non-hydrogen) atoms. The first kappa shape index (κ1) is 23.8. The zero-order valence-corrected chi connectivity index (χ0v) is 20.1. The first-order chi connectivity index (χ1) is 15.2. The molecule has 7 nitrogen and oxygen atoms in total. The summed E-state index contributed by atoms with van der Waals surface area (Å²) in [6.45, 7) is 6.84. The number of carbonyl (C=O) groups excluding carboxylic acids is 1. The van der Waals surface area contributed by atoms with Crippen molar-refractivity contribution in [1.82, 2.24) is 0 Å². The van der Waals surface area contributed by atoms with Gasteiger partial charge in [-0.15, -0.1) is 0 Å². The van der Waals surface area contributed by atoms with Crippen LogP contribution in [0.3, 0.4) is 0 Å². The smallest absolute Gasteiger partial charge is 0.305 e. The highest BCUT2D eigenvalue weighted by atomic mass is 16.5. The third-order valence-electron chi connectivity index (χ3n) is 10.8. The molecule has 4 fully saturated rings. The van der Waals surface area contributed by atoms with Gasteiger partial charge in [-0.3, -0.25) is 4.79 Å². The maximum atomic E-state index is 11.7. The molecule has 1 unspecified atom stereocenters. The Balaban J connectivity index is 1.57. The summed E-state index contributed by atoms with van der Waals surface area (Å²) in [6, 6.07) is 0.0344. The van der Waals surface area contributed by atoms with Crippen LogP contribution in [-0.4, -0.2) is 41.5 Å². The predicted octanol–water partition coefficient (Wildman–Crippen LogP) is 4.86. The average Bonchev–Trinajstić information content (AvgIpc) is 3.12. The zero-order chi connectivity index (χ0) is 23.3. The molecule has 0 aromatic rings. The Morgan fingerprint density at radius 3 is 2.62 bits per heavy atom. The van der Waals surface area contributed by atoms with Gasteiger partial charge in [-0.05, 0) is 103 Å². The summed E-state index contributed by atoms with van der Waals surface area (Å²) >= 11 is 0. The Labute approximate surface area is 191 Å². The minimum atomic E-state index is -0.389. The van der Waals surface area contributed by atoms with Crippen molar-refractivity contribution < 1.29 is 19.7 Å². The minimum Gasteiger partial charge on any atom is -0.469 e. The summed E-state index contributed by atoms with van der Waals surface area (Å²) < 4.78 is 4.84. The molecule has 0 amide bonds. The molecule has 4 rings (SSSR count). The van der Waals surface area contributed by atoms with Gasteiger partial charge in [0.25, 0.3) is 0 Å². The molecule has 4 aliphatic rings. The molecule has 11 atom stereocenters. The second-order valence-electron chi connectivity index (χ2n) is 11.8. The number of esters is 1. The number of hydrogen-bond acceptors (Lipinski definition) is 5. The largest absolute Gasteiger partial charge is 0.469 e. The maximum absolute atomic E-state index is 11.7. The van der Waals surface area contributed by atoms with Gasteiger partial charge in [-0.1, -0.05) is 25.9 Å². The Bertz CT molecular complexity index is 770. The van der Waals surface area contributed by atoms with Gasteiger partial charge < -0.3 is 14.9 Å². The lowest BCUT2D eigenvalue weighted by Crippen LogP contribution is -2.62. The molecule has 180 valence electrons. The van der Waals surface area contributed by atoms with Gasteiger partial charge in [-0.25, -0.2) is 0 Å². The van der Waals surface area contributed by atoms with Crippen LogP contribution in [0.25, 0.3) is 10.4 Å². The van der Waals surface area contributed by atoms with Gasteiger partial charge in [0.05, 0.1) is 19.3 Å². The lowest BCUT2D eigenvalue weighted by molar-refractivity contribution is -0.202. The van der Waals surface area contributed by atoms with Gasteiger partial charge in [0.2, 0.25) is 0 Å². The van der Waals surface area contributed by atoms with Crippen molar-refractivity contribution in [1.29, 1.82) is 0 Å². The van der Waals surface area contributed by atoms with Crippen LogP contribution >= 0.6 is 0 Å². The van der Waals surface area contributed by atoms with Gasteiger partial charge in [-0.2, -0.15) is 0 Å². The van der Waals surface area contributed by atoms with Crippen LogP contribution < -0.4 is 0 Å². The molecule has 4 aliphatic carbocycles. The summed E-state index contributed by atoms with van der Waals surface area (Å²) in [6.07, 6.45) is 6.83. The molecule has 0 heterocycles. The number of rotatable bonds is 5. The lowest BCUT2D eigenvalue weighted by atomic mass is 9.43. The molecule has 0 bridgehead atoms. The van der Waals surface area contributed by atoms with Crippen molar-refractivity contribution in [2.24, 2.45) is 51.5 Å². The van der Waals surface area contributed by atoms with Crippen molar-refractivity contribution >= 4 is 5.97 Å². The van der Waals surface area contributed by atoms with Crippen molar-refractivity contribution in [3.63, 3.8) is 0 Å². The van der Waals surface area contributed by atoms with Crippen molar-refractivity contribution in [2.45, 2.75) is 96.8 Å². The van der Waals surface area contributed by atoms with E-state index in [2.05, 4.69) is 30.8 Å². The fraction of sp³-hybridized carbons (Fsp3) is 0.960. The van der Waals surface area contributed by atoms with Gasteiger partial charge in [0.15, 0.2) is 0 Å². The normalized spacial score (nSPS) is 48.6. The van der Waals surface area contributed by atoms with Crippen LogP contribution in [0.1, 0.15) is 78.6 Å². The molecule has 0 radical (unpaired) electrons. The SMILES string of the molecule is COC(=O)CC[C@@H](C)[C@H]1CC[C@H]2[C@@H]3[C@H](O)CC4C[C@H](N=[N+]=[N-])CC[C@]4(C)[C@H]3C[C@H](O)[C@]12C. The van der Waals surface area contributed by atoms with Gasteiger partial charge in [0, 0.05) is 17.4 Å². The third kappa shape index (κ3) is 3.65. The van der Waals surface area contributed by atoms with E-state index in [0.717, 1.165) is 51.4 Å². The van der Waals surface area contributed by atoms with Crippen LogP contribution in [0.4, 0.5) is 0 Å². The summed E-state index contributed by atoms with van der Waals surface area (Å²) in [4.78, 5) is 14.7.